The van der Waals surface area contributed by atoms with Crippen molar-refractivity contribution in [2.24, 2.45) is 0 Å². The first-order valence-electron chi connectivity index (χ1n) is 5.52. The van der Waals surface area contributed by atoms with E-state index in [1.165, 1.54) is 17.7 Å². The molecule has 94 valence electrons. The Labute approximate surface area is 106 Å². The van der Waals surface area contributed by atoms with Crippen LogP contribution in [0.25, 0.3) is 0 Å². The molecule has 1 aliphatic rings. The number of hydrogen-bond donors (Lipinski definition) is 1. The van der Waals surface area contributed by atoms with Gasteiger partial charge in [-0.3, -0.25) is 0 Å². The zero-order valence-electron chi connectivity index (χ0n) is 10.3. The molecule has 3 rings (SSSR count). The van der Waals surface area contributed by atoms with Crippen molar-refractivity contribution in [3.8, 4) is 0 Å². The summed E-state index contributed by atoms with van der Waals surface area (Å²) in [6, 6.07) is 9.93. The highest BCUT2D eigenvalue weighted by molar-refractivity contribution is 5.89. The first kappa shape index (κ1) is 12.5. The zero-order valence-corrected chi connectivity index (χ0v) is 10.3. The molecular weight excluding hydrogens is 230 g/mol. The first-order valence-corrected chi connectivity index (χ1v) is 5.52. The topological polar surface area (TPSA) is 66.2 Å². The minimum Gasteiger partial charge on any atom is -0.352 e. The minimum absolute atomic E-state index is 0.391. The van der Waals surface area contributed by atoms with Crippen LogP contribution in [0.4, 0.5) is 11.4 Å². The van der Waals surface area contributed by atoms with E-state index in [1.54, 1.807) is 26.5 Å². The van der Waals surface area contributed by atoms with Crippen molar-refractivity contribution in [1.82, 2.24) is 9.97 Å². The van der Waals surface area contributed by atoms with Gasteiger partial charge in [0.15, 0.2) is 0 Å². The molecule has 0 aliphatic carbocycles. The Morgan fingerprint density at radius 3 is 2.17 bits per heavy atom. The van der Waals surface area contributed by atoms with Crippen LogP contribution in [0.2, 0.25) is 0 Å². The van der Waals surface area contributed by atoms with E-state index >= 15 is 0 Å². The van der Waals surface area contributed by atoms with Crippen molar-refractivity contribution in [2.75, 3.05) is 19.5 Å². The number of aromatic nitrogens is 2. The van der Waals surface area contributed by atoms with E-state index in [1.807, 2.05) is 12.1 Å². The van der Waals surface area contributed by atoms with Gasteiger partial charge >= 0.3 is 0 Å². The Morgan fingerprint density at radius 1 is 1.06 bits per heavy atom. The molecule has 5 nitrogen and oxygen atoms in total. The maximum absolute atomic E-state index is 4.97. The van der Waals surface area contributed by atoms with Crippen LogP contribution < -0.4 is 5.32 Å². The summed E-state index contributed by atoms with van der Waals surface area (Å²) in [7, 11) is 3.13. The van der Waals surface area contributed by atoms with Crippen LogP contribution in [-0.4, -0.2) is 24.2 Å². The van der Waals surface area contributed by atoms with E-state index in [0.717, 1.165) is 5.69 Å². The molecule has 2 aromatic rings. The summed E-state index contributed by atoms with van der Waals surface area (Å²) >= 11 is 0. The average Bonchev–Trinajstić information content (AvgIpc) is 3.21. The minimum atomic E-state index is -0.391. The fourth-order valence-corrected chi connectivity index (χ4v) is 1.46. The Balaban J connectivity index is 0.000000146. The second-order valence-electron chi connectivity index (χ2n) is 3.61. The van der Waals surface area contributed by atoms with E-state index < -0.39 is 6.29 Å². The monoisotopic (exact) mass is 245 g/mol. The molecule has 2 heterocycles. The van der Waals surface area contributed by atoms with Gasteiger partial charge in [0.05, 0.1) is 17.1 Å². The Morgan fingerprint density at radius 2 is 1.72 bits per heavy atom. The van der Waals surface area contributed by atoms with Gasteiger partial charge in [-0.25, -0.2) is 9.97 Å². The van der Waals surface area contributed by atoms with E-state index in [-0.39, 0.29) is 0 Å². The molecule has 0 saturated heterocycles. The normalized spacial score (nSPS) is 11.1. The molecule has 0 bridgehead atoms. The summed E-state index contributed by atoms with van der Waals surface area (Å²) in [5, 5.41) is 3.09. The second kappa shape index (κ2) is 6.09. The molecule has 18 heavy (non-hydrogen) atoms. The predicted molar refractivity (Wildman–Crippen MR) is 68.5 cm³/mol. The van der Waals surface area contributed by atoms with E-state index in [4.69, 9.17) is 9.47 Å². The number of para-hydroxylation sites is 2. The zero-order chi connectivity index (χ0) is 12.8. The molecule has 0 radical (unpaired) electrons. The lowest BCUT2D eigenvalue weighted by Gasteiger charge is -2.10. The molecular formula is C13H15N3O2. The van der Waals surface area contributed by atoms with E-state index in [0.29, 0.717) is 0 Å². The number of nitrogens with zero attached hydrogens (tertiary/aromatic N) is 2. The number of nitrogens with one attached hydrogen (secondary N) is 1. The quantitative estimate of drug-likeness (QED) is 0.567. The van der Waals surface area contributed by atoms with Crippen molar-refractivity contribution in [2.45, 2.75) is 6.29 Å². The maximum Gasteiger partial charge on any atom is 0.200 e. The van der Waals surface area contributed by atoms with Crippen LogP contribution >= 0.6 is 0 Å². The first-order chi connectivity index (χ1) is 8.85. The van der Waals surface area contributed by atoms with Gasteiger partial charge in [0.2, 0.25) is 6.29 Å². The van der Waals surface area contributed by atoms with Crippen LogP contribution in [0, 0.1) is 0 Å². The molecule has 5 heteroatoms. The predicted octanol–water partition coefficient (Wildman–Crippen LogP) is 2.51. The van der Waals surface area contributed by atoms with Gasteiger partial charge in [0.1, 0.15) is 6.33 Å². The Kier molecular flexibility index (Phi) is 4.22. The lowest BCUT2D eigenvalue weighted by atomic mass is 10.4. The summed E-state index contributed by atoms with van der Waals surface area (Å²) in [6.45, 7) is 0. The fraction of sp³-hybridized carbons (Fsp3) is 0.231. The Bertz CT molecular complexity index is 466. The summed E-state index contributed by atoms with van der Waals surface area (Å²) in [4.78, 5) is 7.73. The molecule has 0 unspecified atom stereocenters. The van der Waals surface area contributed by atoms with Crippen molar-refractivity contribution in [1.29, 1.82) is 0 Å². The van der Waals surface area contributed by atoms with E-state index in [9.17, 15) is 0 Å². The number of anilines is 2. The van der Waals surface area contributed by atoms with E-state index in [2.05, 4.69) is 27.4 Å². The Hall–Kier alpha value is -1.98. The molecule has 1 aromatic heterocycles. The van der Waals surface area contributed by atoms with Gasteiger partial charge in [-0.05, 0) is 18.2 Å². The number of benzene rings is 1. The van der Waals surface area contributed by atoms with Crippen molar-refractivity contribution in [3.05, 3.63) is 48.5 Å². The number of rotatable bonds is 3. The van der Waals surface area contributed by atoms with Gasteiger partial charge in [0, 0.05) is 20.4 Å². The number of hydrogen-bond acceptors (Lipinski definition) is 5. The molecule has 0 saturated carbocycles. The summed E-state index contributed by atoms with van der Waals surface area (Å²) in [5.74, 6) is 0. The molecule has 1 aromatic carbocycles. The number of fused-ring (bicyclic) bond motifs is 1. The third-order valence-corrected chi connectivity index (χ3v) is 2.41. The smallest absolute Gasteiger partial charge is 0.200 e. The third-order valence-electron chi connectivity index (χ3n) is 2.41. The lowest BCUT2D eigenvalue weighted by molar-refractivity contribution is -0.108. The summed E-state index contributed by atoms with van der Waals surface area (Å²) < 4.78 is 9.95. The summed E-state index contributed by atoms with van der Waals surface area (Å²) in [5.41, 5.74) is 3.29. The summed E-state index contributed by atoms with van der Waals surface area (Å²) in [6.07, 6.45) is 2.71. The molecule has 0 atom stereocenters. The van der Waals surface area contributed by atoms with Crippen molar-refractivity contribution in [3.63, 3.8) is 0 Å². The molecule has 1 N–H and O–H groups in total. The SMILES string of the molecule is COC(OC)c1ccncn1.c1ccc2c(c1)N2. The standard InChI is InChI=1S/C7H10N2O2.C6H5N/c1-10-7(11-2)6-3-4-8-5-9-6;1-2-4-6-5(3-1)7-6/h3-5,7H,1-2H3;1-4,7H. The molecule has 0 fully saturated rings. The third kappa shape index (κ3) is 3.26. The van der Waals surface area contributed by atoms with Crippen molar-refractivity contribution < 1.29 is 9.47 Å². The highest BCUT2D eigenvalue weighted by atomic mass is 16.7. The lowest BCUT2D eigenvalue weighted by Crippen LogP contribution is -2.05. The van der Waals surface area contributed by atoms with Crippen LogP contribution in [-0.2, 0) is 9.47 Å². The van der Waals surface area contributed by atoms with Gasteiger partial charge < -0.3 is 14.8 Å². The van der Waals surface area contributed by atoms with Gasteiger partial charge in [-0.15, -0.1) is 0 Å². The van der Waals surface area contributed by atoms with Gasteiger partial charge in [0.25, 0.3) is 0 Å². The van der Waals surface area contributed by atoms with Crippen molar-refractivity contribution >= 4 is 11.4 Å². The molecule has 0 amide bonds. The maximum atomic E-state index is 4.97. The molecule has 1 aliphatic heterocycles. The number of ether oxygens (including phenoxy) is 2. The average molecular weight is 245 g/mol. The van der Waals surface area contributed by atoms with Crippen LogP contribution in [0.1, 0.15) is 12.0 Å². The largest absolute Gasteiger partial charge is 0.352 e. The highest BCUT2D eigenvalue weighted by Crippen LogP contribution is 2.36. The van der Waals surface area contributed by atoms with Gasteiger partial charge in [-0.1, -0.05) is 12.1 Å². The highest BCUT2D eigenvalue weighted by Gasteiger charge is 2.10. The molecule has 0 spiro atoms. The number of methoxy groups -OCH3 is 2. The van der Waals surface area contributed by atoms with Crippen LogP contribution in [0.5, 0.6) is 0 Å². The van der Waals surface area contributed by atoms with Gasteiger partial charge in [-0.2, -0.15) is 0 Å². The fourth-order valence-electron chi connectivity index (χ4n) is 1.46. The second-order valence-corrected chi connectivity index (χ2v) is 3.61. The van der Waals surface area contributed by atoms with Crippen LogP contribution in [0.15, 0.2) is 42.9 Å². The van der Waals surface area contributed by atoms with Crippen LogP contribution in [0.3, 0.4) is 0 Å².